The summed E-state index contributed by atoms with van der Waals surface area (Å²) in [5.41, 5.74) is 1.06. The lowest BCUT2D eigenvalue weighted by Crippen LogP contribution is -2.56. The van der Waals surface area contributed by atoms with Crippen molar-refractivity contribution in [1.29, 1.82) is 0 Å². The Morgan fingerprint density at radius 1 is 1.29 bits per heavy atom. The molecule has 1 aliphatic heterocycles. The summed E-state index contributed by atoms with van der Waals surface area (Å²) < 4.78 is 0. The molecule has 1 saturated carbocycles. The average Bonchev–Trinajstić information content (AvgIpc) is 2.64. The van der Waals surface area contributed by atoms with Crippen LogP contribution in [0.1, 0.15) is 24.8 Å². The third kappa shape index (κ3) is 2.06. The zero-order chi connectivity index (χ0) is 11.8. The van der Waals surface area contributed by atoms with Crippen LogP contribution in [0, 0.1) is 5.92 Å². The van der Waals surface area contributed by atoms with Crippen molar-refractivity contribution in [2.45, 2.75) is 31.7 Å². The quantitative estimate of drug-likeness (QED) is 0.789. The first-order valence-corrected chi connectivity index (χ1v) is 6.66. The van der Waals surface area contributed by atoms with Crippen molar-refractivity contribution in [3.63, 3.8) is 0 Å². The topological polar surface area (TPSA) is 20.3 Å². The fraction of sp³-hybridized carbons (Fsp3) is 0.500. The monoisotopic (exact) mass is 249 g/mol. The summed E-state index contributed by atoms with van der Waals surface area (Å²) in [6.07, 6.45) is 4.33. The Morgan fingerprint density at radius 2 is 2.06 bits per heavy atom. The van der Waals surface area contributed by atoms with Gasteiger partial charge in [0.25, 0.3) is 0 Å². The van der Waals surface area contributed by atoms with E-state index in [9.17, 15) is 4.79 Å². The summed E-state index contributed by atoms with van der Waals surface area (Å²) in [5.74, 6) is 1.07. The molecule has 1 aromatic carbocycles. The molecule has 0 spiro atoms. The Hall–Kier alpha value is -1.02. The van der Waals surface area contributed by atoms with Crippen LogP contribution in [0.5, 0.6) is 0 Å². The van der Waals surface area contributed by atoms with Gasteiger partial charge in [0.2, 0.25) is 5.91 Å². The number of fused-ring (bicyclic) bond motifs is 1. The SMILES string of the molecule is O=C(Cc1ccc(Cl)cc1)N1C[C@@H]2CCC[C@@H]21. The highest BCUT2D eigenvalue weighted by Crippen LogP contribution is 2.39. The van der Waals surface area contributed by atoms with Crippen LogP contribution in [0.3, 0.4) is 0 Å². The van der Waals surface area contributed by atoms with Gasteiger partial charge in [0, 0.05) is 17.6 Å². The van der Waals surface area contributed by atoms with Crippen LogP contribution in [0.25, 0.3) is 0 Å². The molecular weight excluding hydrogens is 234 g/mol. The van der Waals surface area contributed by atoms with Crippen molar-refractivity contribution in [2.75, 3.05) is 6.54 Å². The maximum atomic E-state index is 12.1. The second kappa shape index (κ2) is 4.34. The van der Waals surface area contributed by atoms with E-state index in [0.29, 0.717) is 12.5 Å². The molecule has 2 aliphatic rings. The third-order valence-corrected chi connectivity index (χ3v) is 4.29. The molecule has 1 amide bonds. The molecule has 1 heterocycles. The highest BCUT2D eigenvalue weighted by atomic mass is 35.5. The molecule has 0 aromatic heterocycles. The normalized spacial score (nSPS) is 26.5. The van der Waals surface area contributed by atoms with Crippen LogP contribution in [0.2, 0.25) is 5.02 Å². The fourth-order valence-electron chi connectivity index (χ4n) is 3.06. The van der Waals surface area contributed by atoms with Gasteiger partial charge in [-0.05, 0) is 36.5 Å². The first kappa shape index (κ1) is 11.1. The van der Waals surface area contributed by atoms with Crippen LogP contribution in [-0.2, 0) is 11.2 Å². The van der Waals surface area contributed by atoms with Gasteiger partial charge in [0.15, 0.2) is 0 Å². The van der Waals surface area contributed by atoms with Gasteiger partial charge in [-0.3, -0.25) is 4.79 Å². The lowest BCUT2D eigenvalue weighted by molar-refractivity contribution is -0.141. The van der Waals surface area contributed by atoms with Crippen LogP contribution >= 0.6 is 11.6 Å². The summed E-state index contributed by atoms with van der Waals surface area (Å²) in [5, 5.41) is 0.723. The molecule has 1 saturated heterocycles. The minimum atomic E-state index is 0.274. The van der Waals surface area contributed by atoms with Gasteiger partial charge in [-0.15, -0.1) is 0 Å². The van der Waals surface area contributed by atoms with Crippen molar-refractivity contribution in [1.82, 2.24) is 4.90 Å². The van der Waals surface area contributed by atoms with E-state index in [1.807, 2.05) is 24.3 Å². The second-order valence-electron chi connectivity index (χ2n) is 5.11. The van der Waals surface area contributed by atoms with Gasteiger partial charge in [-0.25, -0.2) is 0 Å². The first-order valence-electron chi connectivity index (χ1n) is 6.28. The van der Waals surface area contributed by atoms with Gasteiger partial charge in [-0.1, -0.05) is 30.2 Å². The van der Waals surface area contributed by atoms with Crippen LogP contribution in [-0.4, -0.2) is 23.4 Å². The second-order valence-corrected chi connectivity index (χ2v) is 5.54. The Balaban J connectivity index is 1.62. The van der Waals surface area contributed by atoms with Crippen molar-refractivity contribution >= 4 is 17.5 Å². The Kier molecular flexibility index (Phi) is 2.83. The van der Waals surface area contributed by atoms with Gasteiger partial charge in [0.05, 0.1) is 6.42 Å². The van der Waals surface area contributed by atoms with Gasteiger partial charge in [0.1, 0.15) is 0 Å². The number of hydrogen-bond donors (Lipinski definition) is 0. The molecule has 17 heavy (non-hydrogen) atoms. The summed E-state index contributed by atoms with van der Waals surface area (Å²) in [7, 11) is 0. The van der Waals surface area contributed by atoms with E-state index >= 15 is 0 Å². The van der Waals surface area contributed by atoms with Crippen LogP contribution in [0.15, 0.2) is 24.3 Å². The summed E-state index contributed by atoms with van der Waals surface area (Å²) in [6, 6.07) is 8.12. The predicted molar refractivity (Wildman–Crippen MR) is 68.0 cm³/mol. The predicted octanol–water partition coefficient (Wildman–Crippen LogP) is 2.89. The van der Waals surface area contributed by atoms with E-state index in [-0.39, 0.29) is 5.91 Å². The molecule has 2 atom stereocenters. The summed E-state index contributed by atoms with van der Waals surface area (Å²) in [4.78, 5) is 14.2. The van der Waals surface area contributed by atoms with Crippen LogP contribution < -0.4 is 0 Å². The maximum Gasteiger partial charge on any atom is 0.227 e. The number of hydrogen-bond acceptors (Lipinski definition) is 1. The lowest BCUT2D eigenvalue weighted by atomic mass is 9.91. The Labute approximate surface area is 107 Å². The third-order valence-electron chi connectivity index (χ3n) is 4.04. The number of amides is 1. The number of halogens is 1. The number of benzene rings is 1. The molecule has 0 radical (unpaired) electrons. The number of carbonyl (C=O) groups excluding carboxylic acids is 1. The molecule has 0 unspecified atom stereocenters. The zero-order valence-electron chi connectivity index (χ0n) is 9.73. The average molecular weight is 250 g/mol. The standard InChI is InChI=1S/C14H16ClNO/c15-12-6-4-10(5-7-12)8-14(17)16-9-11-2-1-3-13(11)16/h4-7,11,13H,1-3,8-9H2/t11-,13-/m0/s1. The van der Waals surface area contributed by atoms with Crippen molar-refractivity contribution in [3.05, 3.63) is 34.9 Å². The van der Waals surface area contributed by atoms with Crippen LogP contribution in [0.4, 0.5) is 0 Å². The van der Waals surface area contributed by atoms with Crippen molar-refractivity contribution in [2.24, 2.45) is 5.92 Å². The summed E-state index contributed by atoms with van der Waals surface area (Å²) >= 11 is 5.83. The minimum Gasteiger partial charge on any atom is -0.339 e. The smallest absolute Gasteiger partial charge is 0.227 e. The largest absolute Gasteiger partial charge is 0.339 e. The molecule has 3 rings (SSSR count). The zero-order valence-corrected chi connectivity index (χ0v) is 10.5. The van der Waals surface area contributed by atoms with E-state index in [4.69, 9.17) is 11.6 Å². The van der Waals surface area contributed by atoms with Crippen molar-refractivity contribution in [3.8, 4) is 0 Å². The minimum absolute atomic E-state index is 0.274. The fourth-order valence-corrected chi connectivity index (χ4v) is 3.18. The molecule has 1 aromatic rings. The van der Waals surface area contributed by atoms with E-state index in [0.717, 1.165) is 23.0 Å². The lowest BCUT2D eigenvalue weighted by Gasteiger charge is -2.44. The summed E-state index contributed by atoms with van der Waals surface area (Å²) in [6.45, 7) is 0.983. The number of likely N-dealkylation sites (tertiary alicyclic amines) is 1. The number of carbonyl (C=O) groups is 1. The molecule has 3 heteroatoms. The Bertz CT molecular complexity index is 428. The molecule has 90 valence electrons. The highest BCUT2D eigenvalue weighted by Gasteiger charge is 2.43. The van der Waals surface area contributed by atoms with E-state index in [1.54, 1.807) is 0 Å². The van der Waals surface area contributed by atoms with Gasteiger partial charge < -0.3 is 4.90 Å². The number of nitrogens with zero attached hydrogens (tertiary/aromatic N) is 1. The molecule has 0 N–H and O–H groups in total. The van der Waals surface area contributed by atoms with Crippen molar-refractivity contribution < 1.29 is 4.79 Å². The maximum absolute atomic E-state index is 12.1. The van der Waals surface area contributed by atoms with E-state index < -0.39 is 0 Å². The number of rotatable bonds is 2. The molecule has 1 aliphatic carbocycles. The van der Waals surface area contributed by atoms with E-state index in [1.165, 1.54) is 19.3 Å². The van der Waals surface area contributed by atoms with E-state index in [2.05, 4.69) is 4.90 Å². The van der Waals surface area contributed by atoms with Gasteiger partial charge >= 0.3 is 0 Å². The molecule has 2 fully saturated rings. The molecular formula is C14H16ClNO. The highest BCUT2D eigenvalue weighted by molar-refractivity contribution is 6.30. The first-order chi connectivity index (χ1) is 8.24. The van der Waals surface area contributed by atoms with Gasteiger partial charge in [-0.2, -0.15) is 0 Å². The molecule has 0 bridgehead atoms. The Morgan fingerprint density at radius 3 is 2.76 bits per heavy atom. The molecule has 2 nitrogen and oxygen atoms in total.